The topological polar surface area (TPSA) is 52.6 Å². The van der Waals surface area contributed by atoms with E-state index in [2.05, 4.69) is 4.74 Å². The van der Waals surface area contributed by atoms with Crippen molar-refractivity contribution in [2.45, 2.75) is 0 Å². The zero-order chi connectivity index (χ0) is 26.7. The lowest BCUT2D eigenvalue weighted by Gasteiger charge is -2.22. The predicted octanol–water partition coefficient (Wildman–Crippen LogP) is 5.15. The molecule has 0 aromatic heterocycles. The lowest BCUT2D eigenvalue weighted by atomic mass is 10.1. The van der Waals surface area contributed by atoms with Crippen molar-refractivity contribution in [1.82, 2.24) is 0 Å². The Morgan fingerprint density at radius 1 is 0.649 bits per heavy atom. The molecule has 0 spiro atoms. The van der Waals surface area contributed by atoms with Crippen LogP contribution in [-0.2, 0) is 4.74 Å². The highest BCUT2D eigenvalue weighted by atomic mass is 31.1. The van der Waals surface area contributed by atoms with Gasteiger partial charge in [0.2, 0.25) is 34.8 Å². The summed E-state index contributed by atoms with van der Waals surface area (Å²) in [7, 11) is -0.273. The van der Waals surface area contributed by atoms with Gasteiger partial charge in [0.05, 0.1) is 18.2 Å². The molecule has 0 aliphatic rings. The molecule has 4 aromatic rings. The number of halogens is 5. The molecule has 0 aliphatic carbocycles. The first kappa shape index (κ1) is 26.0. The van der Waals surface area contributed by atoms with E-state index in [0.29, 0.717) is 5.30 Å². The predicted molar refractivity (Wildman–Crippen MR) is 128 cm³/mol. The van der Waals surface area contributed by atoms with Crippen LogP contribution in [0.3, 0.4) is 0 Å². The van der Waals surface area contributed by atoms with Crippen molar-refractivity contribution in [3.63, 3.8) is 0 Å². The molecular weight excluding hydrogens is 514 g/mol. The van der Waals surface area contributed by atoms with Gasteiger partial charge in [-0.05, 0) is 36.7 Å². The fourth-order valence-corrected chi connectivity index (χ4v) is 6.00. The maximum Gasteiger partial charge on any atom is 0.343 e. The Hall–Kier alpha value is -4.10. The number of hydrogen-bond acceptors (Lipinski definition) is 4. The third-order valence-electron chi connectivity index (χ3n) is 5.27. The van der Waals surface area contributed by atoms with E-state index >= 15 is 0 Å². The van der Waals surface area contributed by atoms with E-state index in [1.165, 1.54) is 19.2 Å². The van der Waals surface area contributed by atoms with E-state index in [1.54, 1.807) is 36.4 Å². The van der Waals surface area contributed by atoms with Crippen LogP contribution in [-0.4, -0.2) is 19.0 Å². The molecule has 188 valence electrons. The number of esters is 2. The molecular formula is C27H16F5O4P. The first-order chi connectivity index (χ1) is 17.7. The van der Waals surface area contributed by atoms with Gasteiger partial charge in [-0.25, -0.2) is 22.8 Å². The molecule has 0 amide bonds. The number of ether oxygens (including phenoxy) is 2. The Kier molecular flexibility index (Phi) is 7.64. The summed E-state index contributed by atoms with van der Waals surface area (Å²) in [6.07, 6.45) is 0. The van der Waals surface area contributed by atoms with E-state index < -0.39 is 54.7 Å². The molecule has 0 atom stereocenters. The molecule has 0 bridgehead atoms. The van der Waals surface area contributed by atoms with Crippen molar-refractivity contribution in [3.05, 3.63) is 119 Å². The summed E-state index contributed by atoms with van der Waals surface area (Å²) in [4.78, 5) is 25.4. The number of benzene rings is 4. The molecule has 0 saturated heterocycles. The third-order valence-corrected chi connectivity index (χ3v) is 7.75. The minimum atomic E-state index is -2.38. The molecule has 0 unspecified atom stereocenters. The Balaban J connectivity index is 1.86. The second-order valence-electron chi connectivity index (χ2n) is 7.52. The fourth-order valence-electron chi connectivity index (χ4n) is 3.53. The van der Waals surface area contributed by atoms with Gasteiger partial charge in [0.25, 0.3) is 0 Å². The highest BCUT2D eigenvalue weighted by Gasteiger charge is 2.30. The van der Waals surface area contributed by atoms with E-state index in [4.69, 9.17) is 4.74 Å². The van der Waals surface area contributed by atoms with Crippen molar-refractivity contribution in [2.75, 3.05) is 7.11 Å². The number of rotatable bonds is 6. The Morgan fingerprint density at radius 2 is 1.14 bits per heavy atom. The van der Waals surface area contributed by atoms with Crippen LogP contribution >= 0.6 is 7.92 Å². The van der Waals surface area contributed by atoms with Gasteiger partial charge in [-0.1, -0.05) is 60.7 Å². The zero-order valence-corrected chi connectivity index (χ0v) is 19.9. The molecule has 37 heavy (non-hydrogen) atoms. The molecule has 4 rings (SSSR count). The van der Waals surface area contributed by atoms with Gasteiger partial charge in [-0.2, -0.15) is 8.78 Å². The molecule has 0 radical (unpaired) electrons. The minimum Gasteiger partial charge on any atom is -0.465 e. The monoisotopic (exact) mass is 530 g/mol. The maximum absolute atomic E-state index is 14.1. The largest absolute Gasteiger partial charge is 0.465 e. The molecule has 0 fully saturated rings. The second kappa shape index (κ2) is 10.9. The van der Waals surface area contributed by atoms with Gasteiger partial charge in [0.1, 0.15) is 0 Å². The van der Waals surface area contributed by atoms with Crippen molar-refractivity contribution >= 4 is 35.8 Å². The smallest absolute Gasteiger partial charge is 0.343 e. The van der Waals surface area contributed by atoms with Crippen molar-refractivity contribution in [3.8, 4) is 5.75 Å². The van der Waals surface area contributed by atoms with Crippen LogP contribution in [0.25, 0.3) is 0 Å². The van der Waals surface area contributed by atoms with Gasteiger partial charge >= 0.3 is 11.9 Å². The Bertz CT molecular complexity index is 1410. The van der Waals surface area contributed by atoms with Crippen LogP contribution in [0.1, 0.15) is 20.7 Å². The molecule has 0 N–H and O–H groups in total. The van der Waals surface area contributed by atoms with Crippen LogP contribution in [0.2, 0.25) is 0 Å². The summed E-state index contributed by atoms with van der Waals surface area (Å²) in [6, 6.07) is 21.8. The summed E-state index contributed by atoms with van der Waals surface area (Å²) in [5.74, 6) is -15.3. The van der Waals surface area contributed by atoms with Crippen molar-refractivity contribution < 1.29 is 41.0 Å². The molecule has 0 heterocycles. The third kappa shape index (κ3) is 5.08. The van der Waals surface area contributed by atoms with E-state index in [1.807, 2.05) is 24.3 Å². The molecule has 0 saturated carbocycles. The van der Waals surface area contributed by atoms with E-state index in [0.717, 1.165) is 16.7 Å². The number of methoxy groups -OCH3 is 1. The lowest BCUT2D eigenvalue weighted by Crippen LogP contribution is -2.27. The highest BCUT2D eigenvalue weighted by Crippen LogP contribution is 2.35. The molecule has 0 aliphatic heterocycles. The Morgan fingerprint density at radius 3 is 1.62 bits per heavy atom. The summed E-state index contributed by atoms with van der Waals surface area (Å²) >= 11 is 0. The van der Waals surface area contributed by atoms with E-state index in [9.17, 15) is 31.5 Å². The number of carbonyl (C=O) groups excluding carboxylic acids is 2. The molecule has 4 aromatic carbocycles. The standard InChI is InChI=1S/C27H16F5O4P/c1-35-27(34)18-13-12-15(26(33)36-25-23(31)21(29)20(28)22(30)24(25)32)14-19(18)37(16-8-4-2-5-9-16)17-10-6-3-7-11-17/h2-14H,1H3. The van der Waals surface area contributed by atoms with E-state index in [-0.39, 0.29) is 11.1 Å². The van der Waals surface area contributed by atoms with Gasteiger partial charge in [0, 0.05) is 5.30 Å². The normalized spacial score (nSPS) is 10.9. The number of carbonyl (C=O) groups is 2. The summed E-state index contributed by atoms with van der Waals surface area (Å²) in [6.45, 7) is 0. The SMILES string of the molecule is COC(=O)c1ccc(C(=O)Oc2c(F)c(F)c(F)c(F)c2F)cc1P(c1ccccc1)c1ccccc1. The first-order valence-corrected chi connectivity index (χ1v) is 11.9. The van der Waals surface area contributed by atoms with Gasteiger partial charge in [-0.15, -0.1) is 0 Å². The van der Waals surface area contributed by atoms with Crippen LogP contribution in [0.15, 0.2) is 78.9 Å². The maximum atomic E-state index is 14.1. The second-order valence-corrected chi connectivity index (χ2v) is 9.70. The van der Waals surface area contributed by atoms with Crippen molar-refractivity contribution in [1.29, 1.82) is 0 Å². The fraction of sp³-hybridized carbons (Fsp3) is 0.0370. The average Bonchev–Trinajstić information content (AvgIpc) is 2.94. The van der Waals surface area contributed by atoms with Gasteiger partial charge < -0.3 is 9.47 Å². The van der Waals surface area contributed by atoms with Gasteiger partial charge in [-0.3, -0.25) is 0 Å². The van der Waals surface area contributed by atoms with Crippen molar-refractivity contribution in [2.24, 2.45) is 0 Å². The van der Waals surface area contributed by atoms with Crippen LogP contribution < -0.4 is 20.7 Å². The minimum absolute atomic E-state index is 0.120. The average molecular weight is 530 g/mol. The zero-order valence-electron chi connectivity index (χ0n) is 19.0. The Labute approximate surface area is 209 Å². The number of hydrogen-bond donors (Lipinski definition) is 0. The van der Waals surface area contributed by atoms with Gasteiger partial charge in [0.15, 0.2) is 0 Å². The quantitative estimate of drug-likeness (QED) is 0.0865. The lowest BCUT2D eigenvalue weighted by molar-refractivity contribution is 0.0600. The molecule has 10 heteroatoms. The van der Waals surface area contributed by atoms with Crippen LogP contribution in [0.4, 0.5) is 22.0 Å². The van der Waals surface area contributed by atoms with Crippen LogP contribution in [0, 0.1) is 29.1 Å². The summed E-state index contributed by atoms with van der Waals surface area (Å²) in [5.41, 5.74) is -0.167. The highest BCUT2D eigenvalue weighted by molar-refractivity contribution is 7.80. The molecule has 4 nitrogen and oxygen atoms in total. The first-order valence-electron chi connectivity index (χ1n) is 10.6. The summed E-state index contributed by atoms with van der Waals surface area (Å²) in [5, 5.41) is 1.96. The van der Waals surface area contributed by atoms with Crippen LogP contribution in [0.5, 0.6) is 5.75 Å². The summed E-state index contributed by atoms with van der Waals surface area (Å²) < 4.78 is 78.2.